The molecule has 1 N–H and O–H groups in total. The summed E-state index contributed by atoms with van der Waals surface area (Å²) in [5.41, 5.74) is 3.32. The van der Waals surface area contributed by atoms with Crippen LogP contribution in [0.2, 0.25) is 0 Å². The van der Waals surface area contributed by atoms with Crippen molar-refractivity contribution >= 4 is 17.3 Å². The van der Waals surface area contributed by atoms with E-state index >= 15 is 0 Å². The molecular weight excluding hydrogens is 426 g/mol. The van der Waals surface area contributed by atoms with Gasteiger partial charge in [-0.25, -0.2) is 13.5 Å². The van der Waals surface area contributed by atoms with E-state index in [4.69, 9.17) is 4.74 Å². The zero-order valence-corrected chi connectivity index (χ0v) is 19.1. The maximum absolute atomic E-state index is 13.5. The lowest BCUT2D eigenvalue weighted by molar-refractivity contribution is -0.0994. The molecule has 176 valence electrons. The van der Waals surface area contributed by atoms with Crippen molar-refractivity contribution in [1.29, 1.82) is 0 Å². The van der Waals surface area contributed by atoms with Crippen LogP contribution >= 0.6 is 0 Å². The zero-order valence-electron chi connectivity index (χ0n) is 19.1. The van der Waals surface area contributed by atoms with Crippen molar-refractivity contribution in [2.75, 3.05) is 43.0 Å². The number of aromatic nitrogens is 3. The van der Waals surface area contributed by atoms with Crippen molar-refractivity contribution in [2.45, 2.75) is 32.4 Å². The van der Waals surface area contributed by atoms with Crippen LogP contribution < -0.4 is 10.2 Å². The monoisotopic (exact) mass is 456 g/mol. The molecule has 5 rings (SSSR count). The smallest absolute Gasteiger partial charge is 0.246 e. The molecule has 2 aliphatic rings. The fourth-order valence-corrected chi connectivity index (χ4v) is 4.52. The first kappa shape index (κ1) is 21.8. The normalized spacial score (nSPS) is 18.9. The van der Waals surface area contributed by atoms with E-state index < -0.39 is 11.6 Å². The summed E-state index contributed by atoms with van der Waals surface area (Å²) in [6, 6.07) is 10.1. The first-order valence-electron chi connectivity index (χ1n) is 11.1. The molecule has 3 aromatic rings. The van der Waals surface area contributed by atoms with Crippen LogP contribution in [0.1, 0.15) is 20.8 Å². The molecule has 2 fully saturated rings. The number of nitrogens with one attached hydrogen (secondary N) is 1. The van der Waals surface area contributed by atoms with Gasteiger partial charge in [0, 0.05) is 51.1 Å². The van der Waals surface area contributed by atoms with Crippen LogP contribution in [0.25, 0.3) is 5.69 Å². The Hall–Kier alpha value is -3.04. The van der Waals surface area contributed by atoms with Crippen molar-refractivity contribution in [3.8, 4) is 5.69 Å². The molecule has 9 heteroatoms. The average Bonchev–Trinajstić information content (AvgIpc) is 3.13. The second-order valence-electron chi connectivity index (χ2n) is 9.46. The third-order valence-electron chi connectivity index (χ3n) is 6.12. The maximum atomic E-state index is 13.5. The molecule has 0 unspecified atom stereocenters. The predicted molar refractivity (Wildman–Crippen MR) is 125 cm³/mol. The zero-order chi connectivity index (χ0) is 23.2. The molecule has 33 heavy (non-hydrogen) atoms. The van der Waals surface area contributed by atoms with Crippen molar-refractivity contribution < 1.29 is 14.9 Å². The fourth-order valence-electron chi connectivity index (χ4n) is 4.52. The van der Waals surface area contributed by atoms with Crippen LogP contribution in [-0.4, -0.2) is 64.1 Å². The third-order valence-corrected chi connectivity index (χ3v) is 6.12. The van der Waals surface area contributed by atoms with Crippen LogP contribution in [0.3, 0.4) is 0 Å². The Morgan fingerprint density at radius 2 is 1.82 bits per heavy atom. The molecule has 0 radical (unpaired) electrons. The van der Waals surface area contributed by atoms with Crippen molar-refractivity contribution in [1.82, 2.24) is 19.7 Å². The summed E-state index contributed by atoms with van der Waals surface area (Å²) < 4.78 is 34.2. The van der Waals surface area contributed by atoms with Gasteiger partial charge in [-0.05, 0) is 56.7 Å². The number of morpholine rings is 1. The Labute approximate surface area is 193 Å². The first-order valence-corrected chi connectivity index (χ1v) is 11.1. The second-order valence-corrected chi connectivity index (χ2v) is 9.46. The third kappa shape index (κ3) is 4.84. The molecule has 2 aliphatic heterocycles. The van der Waals surface area contributed by atoms with Gasteiger partial charge in [-0.3, -0.25) is 4.90 Å². The number of anilines is 3. The van der Waals surface area contributed by atoms with E-state index in [0.717, 1.165) is 55.8 Å². The molecule has 0 aliphatic carbocycles. The fraction of sp³-hybridized carbons (Fsp3) is 0.417. The molecule has 0 spiro atoms. The standard InChI is InChI=1S/C24H28F2N6O.H2/c1-16-6-19(28-23-27-15-32(29-23)21-9-17(25)8-18(26)10-21)11-20(7-16)31-12-22(13-31)30-4-5-33-24(2,3)14-30;/h6-11,15,22H,4-5,12-14H2,1-3H3,(H,28,29);1H. The number of hydrogen-bond acceptors (Lipinski definition) is 6. The van der Waals surface area contributed by atoms with Crippen LogP contribution in [0.4, 0.5) is 26.1 Å². The highest BCUT2D eigenvalue weighted by Crippen LogP contribution is 2.30. The molecule has 0 atom stereocenters. The van der Waals surface area contributed by atoms with Gasteiger partial charge in [0.15, 0.2) is 0 Å². The quantitative estimate of drug-likeness (QED) is 0.623. The number of rotatable bonds is 5. The van der Waals surface area contributed by atoms with Gasteiger partial charge in [0.2, 0.25) is 5.95 Å². The average molecular weight is 457 g/mol. The van der Waals surface area contributed by atoms with E-state index in [1.807, 2.05) is 6.07 Å². The van der Waals surface area contributed by atoms with Gasteiger partial charge < -0.3 is 15.0 Å². The highest BCUT2D eigenvalue weighted by molar-refractivity contribution is 5.65. The Bertz CT molecular complexity index is 1140. The molecule has 2 aromatic carbocycles. The number of benzene rings is 2. The minimum Gasteiger partial charge on any atom is -0.373 e. The van der Waals surface area contributed by atoms with Crippen molar-refractivity contribution in [3.05, 3.63) is 59.9 Å². The lowest BCUT2D eigenvalue weighted by Gasteiger charge is -2.50. The van der Waals surface area contributed by atoms with Gasteiger partial charge in [0.1, 0.15) is 18.0 Å². The molecule has 2 saturated heterocycles. The van der Waals surface area contributed by atoms with E-state index in [-0.39, 0.29) is 12.7 Å². The lowest BCUT2D eigenvalue weighted by atomic mass is 10.00. The van der Waals surface area contributed by atoms with E-state index in [9.17, 15) is 8.78 Å². The highest BCUT2D eigenvalue weighted by Gasteiger charge is 2.37. The Morgan fingerprint density at radius 1 is 1.06 bits per heavy atom. The van der Waals surface area contributed by atoms with Crippen molar-refractivity contribution in [2.24, 2.45) is 0 Å². The minimum atomic E-state index is -0.660. The molecule has 1 aromatic heterocycles. The summed E-state index contributed by atoms with van der Waals surface area (Å²) >= 11 is 0. The van der Waals surface area contributed by atoms with Gasteiger partial charge in [0.25, 0.3) is 0 Å². The Balaban J connectivity index is 0.00000274. The van der Waals surface area contributed by atoms with Crippen LogP contribution in [0, 0.1) is 18.6 Å². The predicted octanol–water partition coefficient (Wildman–Crippen LogP) is 4.14. The summed E-state index contributed by atoms with van der Waals surface area (Å²) in [6.07, 6.45) is 1.43. The van der Waals surface area contributed by atoms with Gasteiger partial charge in [-0.15, -0.1) is 5.10 Å². The van der Waals surface area contributed by atoms with E-state index in [0.29, 0.717) is 12.0 Å². The van der Waals surface area contributed by atoms with E-state index in [1.54, 1.807) is 0 Å². The summed E-state index contributed by atoms with van der Waals surface area (Å²) in [4.78, 5) is 9.13. The first-order chi connectivity index (χ1) is 15.7. The SMILES string of the molecule is Cc1cc(Nc2ncn(-c3cc(F)cc(F)c3)n2)cc(N2CC(N3CCOC(C)(C)C3)C2)c1.[HH]. The number of halogens is 2. The number of ether oxygens (including phenoxy) is 1. The molecule has 0 bridgehead atoms. The van der Waals surface area contributed by atoms with Gasteiger partial charge in [-0.2, -0.15) is 4.98 Å². The lowest BCUT2D eigenvalue weighted by Crippen LogP contribution is -2.64. The summed E-state index contributed by atoms with van der Waals surface area (Å²) in [6.45, 7) is 11.0. The molecule has 0 saturated carbocycles. The Kier molecular flexibility index (Phi) is 5.54. The summed E-state index contributed by atoms with van der Waals surface area (Å²) in [7, 11) is 0. The van der Waals surface area contributed by atoms with E-state index in [1.165, 1.54) is 23.1 Å². The molecule has 3 heterocycles. The van der Waals surface area contributed by atoms with E-state index in [2.05, 4.69) is 58.1 Å². The number of hydrogen-bond donors (Lipinski definition) is 1. The second kappa shape index (κ2) is 8.39. The van der Waals surface area contributed by atoms with Crippen molar-refractivity contribution in [3.63, 3.8) is 0 Å². The van der Waals surface area contributed by atoms with Gasteiger partial charge in [0.05, 0.1) is 17.9 Å². The minimum absolute atomic E-state index is 0. The molecular formula is C24H30F2N6O. The molecule has 7 nitrogen and oxygen atoms in total. The Morgan fingerprint density at radius 3 is 2.55 bits per heavy atom. The van der Waals surface area contributed by atoms with Crippen LogP contribution in [-0.2, 0) is 4.74 Å². The van der Waals surface area contributed by atoms with Gasteiger partial charge in [-0.1, -0.05) is 0 Å². The number of nitrogens with zero attached hydrogens (tertiary/aromatic N) is 5. The molecule has 0 amide bonds. The topological polar surface area (TPSA) is 58.5 Å². The van der Waals surface area contributed by atoms with Gasteiger partial charge >= 0.3 is 0 Å². The van der Waals surface area contributed by atoms with Crippen LogP contribution in [0.5, 0.6) is 0 Å². The summed E-state index contributed by atoms with van der Waals surface area (Å²) in [5.74, 6) is -0.966. The maximum Gasteiger partial charge on any atom is 0.246 e. The summed E-state index contributed by atoms with van der Waals surface area (Å²) in [5, 5.41) is 7.52. The van der Waals surface area contributed by atoms with Crippen LogP contribution in [0.15, 0.2) is 42.7 Å². The largest absolute Gasteiger partial charge is 0.373 e. The number of aryl methyl sites for hydroxylation is 1. The highest BCUT2D eigenvalue weighted by atomic mass is 19.1.